The van der Waals surface area contributed by atoms with Crippen molar-refractivity contribution in [3.05, 3.63) is 40.0 Å². The number of ether oxygens (including phenoxy) is 1. The first-order valence-electron chi connectivity index (χ1n) is 5.67. The largest absolute Gasteiger partial charge is 0.437 e. The fourth-order valence-electron chi connectivity index (χ4n) is 1.83. The van der Waals surface area contributed by atoms with E-state index in [1.54, 1.807) is 11.7 Å². The molecule has 6 heteroatoms. The van der Waals surface area contributed by atoms with Gasteiger partial charge >= 0.3 is 0 Å². The molecule has 0 bridgehead atoms. The van der Waals surface area contributed by atoms with Crippen molar-refractivity contribution in [3.8, 4) is 11.6 Å². The smallest absolute Gasteiger partial charge is 0.228 e. The monoisotopic (exact) mass is 295 g/mol. The van der Waals surface area contributed by atoms with Gasteiger partial charge in [0.25, 0.3) is 0 Å². The molecule has 0 fully saturated rings. The van der Waals surface area contributed by atoms with E-state index >= 15 is 0 Å². The molecule has 4 nitrogen and oxygen atoms in total. The Labute approximate surface area is 122 Å². The van der Waals surface area contributed by atoms with Crippen molar-refractivity contribution in [3.63, 3.8) is 0 Å². The van der Waals surface area contributed by atoms with E-state index < -0.39 is 0 Å². The summed E-state index contributed by atoms with van der Waals surface area (Å²) in [7, 11) is 1.77. The summed E-state index contributed by atoms with van der Waals surface area (Å²) in [6.45, 7) is 3.79. The van der Waals surface area contributed by atoms with Gasteiger partial charge in [-0.05, 0) is 31.5 Å². The predicted octanol–water partition coefficient (Wildman–Crippen LogP) is 3.12. The van der Waals surface area contributed by atoms with Gasteiger partial charge in [0.05, 0.1) is 16.3 Å². The molecule has 1 aromatic carbocycles. The van der Waals surface area contributed by atoms with Gasteiger partial charge in [0.15, 0.2) is 0 Å². The van der Waals surface area contributed by atoms with Crippen molar-refractivity contribution in [2.75, 3.05) is 0 Å². The Bertz CT molecular complexity index is 652. The van der Waals surface area contributed by atoms with Gasteiger partial charge in [-0.15, -0.1) is 0 Å². The highest BCUT2D eigenvalue weighted by Crippen LogP contribution is 2.32. The number of hydrogen-bond donors (Lipinski definition) is 1. The fourth-order valence-corrected chi connectivity index (χ4v) is 2.34. The third-order valence-corrected chi connectivity index (χ3v) is 3.21. The molecule has 1 heterocycles. The molecule has 1 aromatic heterocycles. The third kappa shape index (κ3) is 2.72. The molecule has 0 amide bonds. The Morgan fingerprint density at radius 1 is 1.42 bits per heavy atom. The summed E-state index contributed by atoms with van der Waals surface area (Å²) in [6.07, 6.45) is 0. The first-order valence-corrected chi connectivity index (χ1v) is 6.46. The number of halogens is 1. The molecule has 2 N–H and O–H groups in total. The van der Waals surface area contributed by atoms with Crippen LogP contribution in [-0.2, 0) is 7.05 Å². The number of nitrogens with zero attached hydrogens (tertiary/aromatic N) is 2. The molecule has 0 aliphatic rings. The minimum Gasteiger partial charge on any atom is -0.437 e. The number of aromatic nitrogens is 2. The maximum absolute atomic E-state index is 6.15. The molecule has 0 spiro atoms. The Morgan fingerprint density at radius 2 is 2.11 bits per heavy atom. The van der Waals surface area contributed by atoms with Gasteiger partial charge in [-0.25, -0.2) is 4.68 Å². The van der Waals surface area contributed by atoms with E-state index in [0.29, 0.717) is 22.2 Å². The summed E-state index contributed by atoms with van der Waals surface area (Å²) in [5, 5.41) is 4.79. The van der Waals surface area contributed by atoms with E-state index in [9.17, 15) is 0 Å². The molecule has 0 unspecified atom stereocenters. The first kappa shape index (κ1) is 13.8. The molecular weight excluding hydrogens is 282 g/mol. The number of hydrogen-bond acceptors (Lipinski definition) is 3. The standard InChI is InChI=1S/C13H14ClN3OS/c1-7-4-5-10(9(14)6-7)18-13-11(12(15)19)8(2)16-17(13)3/h4-6H,1-3H3,(H2,15,19). The number of nitrogens with two attached hydrogens (primary N) is 1. The van der Waals surface area contributed by atoms with E-state index in [2.05, 4.69) is 5.10 Å². The van der Waals surface area contributed by atoms with Crippen molar-refractivity contribution in [1.82, 2.24) is 9.78 Å². The molecular formula is C13H14ClN3OS. The molecule has 0 saturated carbocycles. The maximum Gasteiger partial charge on any atom is 0.228 e. The lowest BCUT2D eigenvalue weighted by Crippen LogP contribution is -2.11. The van der Waals surface area contributed by atoms with Gasteiger partial charge in [-0.3, -0.25) is 0 Å². The van der Waals surface area contributed by atoms with Crippen LogP contribution in [0.25, 0.3) is 0 Å². The van der Waals surface area contributed by atoms with Crippen LogP contribution < -0.4 is 10.5 Å². The van der Waals surface area contributed by atoms with Crippen LogP contribution in [0, 0.1) is 13.8 Å². The number of thiocarbonyl (C=S) groups is 1. The highest BCUT2D eigenvalue weighted by Gasteiger charge is 2.18. The molecule has 0 atom stereocenters. The second-order valence-corrected chi connectivity index (χ2v) is 5.14. The van der Waals surface area contributed by atoms with Crippen molar-refractivity contribution >= 4 is 28.8 Å². The van der Waals surface area contributed by atoms with Crippen LogP contribution in [0.2, 0.25) is 5.02 Å². The zero-order chi connectivity index (χ0) is 14.2. The fraction of sp³-hybridized carbons (Fsp3) is 0.231. The normalized spacial score (nSPS) is 10.5. The summed E-state index contributed by atoms with van der Waals surface area (Å²) in [6, 6.07) is 5.56. The van der Waals surface area contributed by atoms with Gasteiger partial charge in [0.1, 0.15) is 10.7 Å². The molecule has 19 heavy (non-hydrogen) atoms. The summed E-state index contributed by atoms with van der Waals surface area (Å²) >= 11 is 11.2. The Hall–Kier alpha value is -1.59. The first-order chi connectivity index (χ1) is 8.90. The summed E-state index contributed by atoms with van der Waals surface area (Å²) in [5.41, 5.74) is 8.14. The van der Waals surface area contributed by atoms with Crippen molar-refractivity contribution < 1.29 is 4.74 Å². The van der Waals surface area contributed by atoms with Gasteiger partial charge < -0.3 is 10.5 Å². The van der Waals surface area contributed by atoms with Crippen LogP contribution in [0.15, 0.2) is 18.2 Å². The molecule has 0 aliphatic heterocycles. The highest BCUT2D eigenvalue weighted by atomic mass is 35.5. The zero-order valence-electron chi connectivity index (χ0n) is 10.9. The maximum atomic E-state index is 6.15. The lowest BCUT2D eigenvalue weighted by molar-refractivity contribution is 0.430. The third-order valence-electron chi connectivity index (χ3n) is 2.71. The topological polar surface area (TPSA) is 53.1 Å². The SMILES string of the molecule is Cc1ccc(Oc2c(C(N)=S)c(C)nn2C)c(Cl)c1. The van der Waals surface area contributed by atoms with E-state index in [-0.39, 0.29) is 4.99 Å². The van der Waals surface area contributed by atoms with Gasteiger partial charge in [-0.1, -0.05) is 29.9 Å². The number of rotatable bonds is 3. The lowest BCUT2D eigenvalue weighted by Gasteiger charge is -2.10. The Morgan fingerprint density at radius 3 is 2.68 bits per heavy atom. The average Bonchev–Trinajstić information content (AvgIpc) is 2.57. The second kappa shape index (κ2) is 5.19. The molecule has 0 radical (unpaired) electrons. The van der Waals surface area contributed by atoms with Crippen molar-refractivity contribution in [2.45, 2.75) is 13.8 Å². The second-order valence-electron chi connectivity index (χ2n) is 4.29. The molecule has 100 valence electrons. The summed E-state index contributed by atoms with van der Waals surface area (Å²) in [5.74, 6) is 1.04. The molecule has 2 rings (SSSR count). The lowest BCUT2D eigenvalue weighted by atomic mass is 10.2. The quantitative estimate of drug-likeness (QED) is 0.884. The van der Waals surface area contributed by atoms with Crippen LogP contribution in [0.3, 0.4) is 0 Å². The zero-order valence-corrected chi connectivity index (χ0v) is 12.5. The highest BCUT2D eigenvalue weighted by molar-refractivity contribution is 7.80. The van der Waals surface area contributed by atoms with E-state index in [4.69, 9.17) is 34.3 Å². The van der Waals surface area contributed by atoms with Crippen molar-refractivity contribution in [1.29, 1.82) is 0 Å². The molecule has 2 aromatic rings. The number of aryl methyl sites for hydroxylation is 3. The van der Waals surface area contributed by atoms with Gasteiger partial charge in [-0.2, -0.15) is 5.10 Å². The van der Waals surface area contributed by atoms with Crippen LogP contribution in [0.4, 0.5) is 0 Å². The summed E-state index contributed by atoms with van der Waals surface area (Å²) in [4.78, 5) is 0.254. The minimum atomic E-state index is 0.254. The van der Waals surface area contributed by atoms with Crippen LogP contribution in [0.5, 0.6) is 11.6 Å². The predicted molar refractivity (Wildman–Crippen MR) is 80.1 cm³/mol. The summed E-state index contributed by atoms with van der Waals surface area (Å²) < 4.78 is 7.41. The average molecular weight is 296 g/mol. The van der Waals surface area contributed by atoms with E-state index in [1.165, 1.54) is 0 Å². The van der Waals surface area contributed by atoms with Crippen LogP contribution in [-0.4, -0.2) is 14.8 Å². The minimum absolute atomic E-state index is 0.254. The molecule has 0 aliphatic carbocycles. The van der Waals surface area contributed by atoms with Crippen molar-refractivity contribution in [2.24, 2.45) is 12.8 Å². The van der Waals surface area contributed by atoms with E-state index in [1.807, 2.05) is 32.0 Å². The van der Waals surface area contributed by atoms with E-state index in [0.717, 1.165) is 11.3 Å². The van der Waals surface area contributed by atoms with Crippen LogP contribution in [0.1, 0.15) is 16.8 Å². The molecule has 0 saturated heterocycles. The Balaban J connectivity index is 2.46. The number of benzene rings is 1. The van der Waals surface area contributed by atoms with Gasteiger partial charge in [0.2, 0.25) is 5.88 Å². The van der Waals surface area contributed by atoms with Gasteiger partial charge in [0, 0.05) is 7.05 Å². The van der Waals surface area contributed by atoms with Crippen LogP contribution >= 0.6 is 23.8 Å². The Kier molecular flexibility index (Phi) is 3.78.